The van der Waals surface area contributed by atoms with Gasteiger partial charge in [-0.25, -0.2) is 4.79 Å². The third kappa shape index (κ3) is 5.50. The average Bonchev–Trinajstić information content (AvgIpc) is 2.83. The van der Waals surface area contributed by atoms with Crippen LogP contribution in [0.1, 0.15) is 22.8 Å². The third-order valence-electron chi connectivity index (χ3n) is 5.66. The van der Waals surface area contributed by atoms with Crippen LogP contribution < -0.4 is 19.7 Å². The van der Waals surface area contributed by atoms with Crippen LogP contribution in [0.4, 0.5) is 11.4 Å². The minimum atomic E-state index is -0.442. The number of rotatable bonds is 8. The van der Waals surface area contributed by atoms with E-state index in [0.29, 0.717) is 22.7 Å². The largest absolute Gasteiger partial charge is 0.493 e. The smallest absolute Gasteiger partial charge is 0.337 e. The fourth-order valence-corrected chi connectivity index (χ4v) is 3.83. The molecule has 2 aromatic carbocycles. The second kappa shape index (κ2) is 10.9. The first-order chi connectivity index (χ1) is 15.5. The van der Waals surface area contributed by atoms with Gasteiger partial charge in [0.15, 0.2) is 11.5 Å². The first-order valence-electron chi connectivity index (χ1n) is 10.7. The van der Waals surface area contributed by atoms with Gasteiger partial charge in [-0.15, -0.1) is 0 Å². The van der Waals surface area contributed by atoms with Gasteiger partial charge in [0, 0.05) is 26.2 Å². The van der Waals surface area contributed by atoms with Gasteiger partial charge in [-0.2, -0.15) is 0 Å². The summed E-state index contributed by atoms with van der Waals surface area (Å²) in [5.74, 6) is 0.548. The maximum Gasteiger partial charge on any atom is 0.337 e. The number of hydrogen-bond donors (Lipinski definition) is 1. The fourth-order valence-electron chi connectivity index (χ4n) is 3.83. The molecular weight excluding hydrogens is 410 g/mol. The first-order valence-corrected chi connectivity index (χ1v) is 10.7. The number of methoxy groups -OCH3 is 3. The van der Waals surface area contributed by atoms with Crippen LogP contribution in [0, 0.1) is 0 Å². The van der Waals surface area contributed by atoms with E-state index in [9.17, 15) is 9.59 Å². The Balaban J connectivity index is 1.81. The highest BCUT2D eigenvalue weighted by molar-refractivity contribution is 5.99. The van der Waals surface area contributed by atoms with E-state index in [1.54, 1.807) is 38.5 Å². The number of carbonyl (C=O) groups excluding carboxylic acids is 2. The summed E-state index contributed by atoms with van der Waals surface area (Å²) in [6.07, 6.45) is 0.159. The van der Waals surface area contributed by atoms with E-state index in [2.05, 4.69) is 22.0 Å². The molecular formula is C24H31N3O5. The minimum Gasteiger partial charge on any atom is -0.493 e. The molecule has 1 saturated heterocycles. The molecule has 1 heterocycles. The van der Waals surface area contributed by atoms with E-state index in [-0.39, 0.29) is 12.3 Å². The summed E-state index contributed by atoms with van der Waals surface area (Å²) in [4.78, 5) is 29.6. The van der Waals surface area contributed by atoms with Crippen molar-refractivity contribution in [2.24, 2.45) is 0 Å². The van der Waals surface area contributed by atoms with Gasteiger partial charge in [-0.3, -0.25) is 4.79 Å². The van der Waals surface area contributed by atoms with Gasteiger partial charge in [-0.05, 0) is 42.4 Å². The second-order valence-corrected chi connectivity index (χ2v) is 7.56. The highest BCUT2D eigenvalue weighted by Crippen LogP contribution is 2.30. The van der Waals surface area contributed by atoms with Crippen LogP contribution in [0.5, 0.6) is 11.5 Å². The van der Waals surface area contributed by atoms with Gasteiger partial charge < -0.3 is 29.3 Å². The lowest BCUT2D eigenvalue weighted by atomic mass is 10.1. The van der Waals surface area contributed by atoms with Crippen LogP contribution in [0.25, 0.3) is 0 Å². The Morgan fingerprint density at radius 1 is 0.938 bits per heavy atom. The SMILES string of the molecule is CCN1CCN(c2ccc(C(=O)OC)cc2NC(=O)Cc2ccc(OC)c(OC)c2)CC1. The molecule has 0 aromatic heterocycles. The van der Waals surface area contributed by atoms with Crippen molar-refractivity contribution < 1.29 is 23.8 Å². The van der Waals surface area contributed by atoms with Crippen LogP contribution in [-0.2, 0) is 16.0 Å². The monoisotopic (exact) mass is 441 g/mol. The molecule has 0 radical (unpaired) electrons. The van der Waals surface area contributed by atoms with Crippen molar-refractivity contribution in [3.8, 4) is 11.5 Å². The Labute approximate surface area is 189 Å². The van der Waals surface area contributed by atoms with Gasteiger partial charge >= 0.3 is 5.97 Å². The van der Waals surface area contributed by atoms with Crippen LogP contribution in [0.2, 0.25) is 0 Å². The van der Waals surface area contributed by atoms with Crippen LogP contribution in [0.15, 0.2) is 36.4 Å². The molecule has 0 aliphatic carbocycles. The van der Waals surface area contributed by atoms with Crippen molar-refractivity contribution in [2.75, 3.05) is 64.3 Å². The summed E-state index contributed by atoms with van der Waals surface area (Å²) in [6.45, 7) is 6.78. The molecule has 0 bridgehead atoms. The molecule has 0 atom stereocenters. The molecule has 1 aliphatic heterocycles. The lowest BCUT2D eigenvalue weighted by Crippen LogP contribution is -2.46. The standard InChI is InChI=1S/C24H31N3O5/c1-5-26-10-12-27(13-11-26)20-8-7-18(24(29)32-4)16-19(20)25-23(28)15-17-6-9-21(30-2)22(14-17)31-3/h6-9,14,16H,5,10-13,15H2,1-4H3,(H,25,28). The predicted octanol–water partition coefficient (Wildman–Crippen LogP) is 2.81. The first kappa shape index (κ1) is 23.4. The predicted molar refractivity (Wildman–Crippen MR) is 124 cm³/mol. The minimum absolute atomic E-state index is 0.159. The highest BCUT2D eigenvalue weighted by atomic mass is 16.5. The lowest BCUT2D eigenvalue weighted by molar-refractivity contribution is -0.115. The van der Waals surface area contributed by atoms with Crippen LogP contribution >= 0.6 is 0 Å². The van der Waals surface area contributed by atoms with E-state index in [0.717, 1.165) is 44.0 Å². The van der Waals surface area contributed by atoms with E-state index in [4.69, 9.17) is 14.2 Å². The Morgan fingerprint density at radius 2 is 1.66 bits per heavy atom. The van der Waals surface area contributed by atoms with Gasteiger partial charge in [-0.1, -0.05) is 13.0 Å². The quantitative estimate of drug-likeness (QED) is 0.631. The molecule has 32 heavy (non-hydrogen) atoms. The molecule has 2 aromatic rings. The van der Waals surface area contributed by atoms with Crippen molar-refractivity contribution in [2.45, 2.75) is 13.3 Å². The number of nitrogens with zero attached hydrogens (tertiary/aromatic N) is 2. The molecule has 0 spiro atoms. The number of anilines is 2. The number of ether oxygens (including phenoxy) is 3. The van der Waals surface area contributed by atoms with E-state index in [1.807, 2.05) is 12.1 Å². The molecule has 3 rings (SSSR count). The zero-order valence-electron chi connectivity index (χ0n) is 19.1. The topological polar surface area (TPSA) is 80.3 Å². The number of hydrogen-bond acceptors (Lipinski definition) is 7. The molecule has 8 heteroatoms. The fraction of sp³-hybridized carbons (Fsp3) is 0.417. The zero-order chi connectivity index (χ0) is 23.1. The highest BCUT2D eigenvalue weighted by Gasteiger charge is 2.21. The summed E-state index contributed by atoms with van der Waals surface area (Å²) >= 11 is 0. The van der Waals surface area contributed by atoms with Crippen molar-refractivity contribution in [3.05, 3.63) is 47.5 Å². The molecule has 1 fully saturated rings. The normalized spacial score (nSPS) is 14.1. The van der Waals surface area contributed by atoms with E-state index in [1.165, 1.54) is 7.11 Å². The zero-order valence-corrected chi connectivity index (χ0v) is 19.1. The van der Waals surface area contributed by atoms with Crippen molar-refractivity contribution in [1.29, 1.82) is 0 Å². The van der Waals surface area contributed by atoms with Crippen molar-refractivity contribution in [1.82, 2.24) is 4.90 Å². The molecule has 0 saturated carbocycles. The van der Waals surface area contributed by atoms with Gasteiger partial charge in [0.25, 0.3) is 0 Å². The number of nitrogens with one attached hydrogen (secondary N) is 1. The van der Waals surface area contributed by atoms with Gasteiger partial charge in [0.1, 0.15) is 0 Å². The summed E-state index contributed by atoms with van der Waals surface area (Å²) in [7, 11) is 4.47. The Hall–Kier alpha value is -3.26. The second-order valence-electron chi connectivity index (χ2n) is 7.56. The number of likely N-dealkylation sites (N-methyl/N-ethyl adjacent to an activating group) is 1. The van der Waals surface area contributed by atoms with Crippen LogP contribution in [0.3, 0.4) is 0 Å². The Kier molecular flexibility index (Phi) is 7.94. The maximum absolute atomic E-state index is 12.9. The summed E-state index contributed by atoms with van der Waals surface area (Å²) in [6, 6.07) is 10.7. The summed E-state index contributed by atoms with van der Waals surface area (Å²) in [5.41, 5.74) is 2.68. The molecule has 1 N–H and O–H groups in total. The summed E-state index contributed by atoms with van der Waals surface area (Å²) < 4.78 is 15.4. The van der Waals surface area contributed by atoms with E-state index < -0.39 is 5.97 Å². The number of carbonyl (C=O) groups is 2. The molecule has 1 amide bonds. The van der Waals surface area contributed by atoms with Crippen molar-refractivity contribution in [3.63, 3.8) is 0 Å². The summed E-state index contributed by atoms with van der Waals surface area (Å²) in [5, 5.41) is 2.99. The third-order valence-corrected chi connectivity index (χ3v) is 5.66. The molecule has 8 nitrogen and oxygen atoms in total. The van der Waals surface area contributed by atoms with Gasteiger partial charge in [0.2, 0.25) is 5.91 Å². The maximum atomic E-state index is 12.9. The average molecular weight is 442 g/mol. The number of benzene rings is 2. The lowest BCUT2D eigenvalue weighted by Gasteiger charge is -2.36. The number of amides is 1. The number of esters is 1. The van der Waals surface area contributed by atoms with Gasteiger partial charge in [0.05, 0.1) is 44.7 Å². The van der Waals surface area contributed by atoms with Crippen LogP contribution in [-0.4, -0.2) is 70.8 Å². The molecule has 172 valence electrons. The van der Waals surface area contributed by atoms with Crippen molar-refractivity contribution >= 4 is 23.3 Å². The molecule has 1 aliphatic rings. The Morgan fingerprint density at radius 3 is 2.28 bits per heavy atom. The number of piperazine rings is 1. The van der Waals surface area contributed by atoms with E-state index >= 15 is 0 Å². The Bertz CT molecular complexity index is 955. The molecule has 0 unspecified atom stereocenters.